The molecule has 0 atom stereocenters. The lowest BCUT2D eigenvalue weighted by Gasteiger charge is -2.09. The quantitative estimate of drug-likeness (QED) is 0.700. The van der Waals surface area contributed by atoms with Gasteiger partial charge in [-0.3, -0.25) is 4.79 Å². The van der Waals surface area contributed by atoms with Crippen LogP contribution in [0.4, 0.5) is 5.95 Å². The molecule has 0 saturated heterocycles. The third kappa shape index (κ3) is 4.41. The van der Waals surface area contributed by atoms with Crippen LogP contribution in [0, 0.1) is 5.92 Å². The van der Waals surface area contributed by atoms with Crippen LogP contribution in [0.3, 0.4) is 0 Å². The topological polar surface area (TPSA) is 112 Å². The number of rotatable bonds is 6. The third-order valence-electron chi connectivity index (χ3n) is 3.72. The second-order valence-corrected chi connectivity index (χ2v) is 6.39. The standard InChI is InChI=1S/C18H21N7O/c1-12(2)7-14-8-16(24-18(19)23-14)17(26)21-9-13-3-5-15(6-4-13)25-11-20-10-22-25/h3-6,8,10-12H,7,9H2,1-2H3,(H,21,26)(H2,19,23,24). The molecular weight excluding hydrogens is 330 g/mol. The number of carbonyl (C=O) groups is 1. The summed E-state index contributed by atoms with van der Waals surface area (Å²) in [6, 6.07) is 9.38. The molecule has 0 saturated carbocycles. The molecule has 2 aromatic heterocycles. The molecule has 0 radical (unpaired) electrons. The molecule has 0 aliphatic carbocycles. The summed E-state index contributed by atoms with van der Waals surface area (Å²) < 4.78 is 1.67. The number of nitrogens with one attached hydrogen (secondary N) is 1. The molecule has 0 unspecified atom stereocenters. The maximum atomic E-state index is 12.4. The Labute approximate surface area is 151 Å². The molecule has 0 spiro atoms. The van der Waals surface area contributed by atoms with Gasteiger partial charge in [-0.05, 0) is 36.1 Å². The molecule has 8 nitrogen and oxygen atoms in total. The highest BCUT2D eigenvalue weighted by molar-refractivity contribution is 5.92. The van der Waals surface area contributed by atoms with Gasteiger partial charge >= 0.3 is 0 Å². The van der Waals surface area contributed by atoms with Crippen LogP contribution in [0.15, 0.2) is 43.0 Å². The smallest absolute Gasteiger partial charge is 0.270 e. The van der Waals surface area contributed by atoms with Gasteiger partial charge < -0.3 is 11.1 Å². The van der Waals surface area contributed by atoms with Crippen molar-refractivity contribution in [3.05, 3.63) is 59.9 Å². The Bertz CT molecular complexity index is 873. The largest absolute Gasteiger partial charge is 0.368 e. The number of carbonyl (C=O) groups excluding carboxylic acids is 1. The Kier molecular flexibility index (Phi) is 5.21. The molecule has 8 heteroatoms. The second-order valence-electron chi connectivity index (χ2n) is 6.39. The average molecular weight is 351 g/mol. The molecule has 1 amide bonds. The first-order valence-corrected chi connectivity index (χ1v) is 8.37. The van der Waals surface area contributed by atoms with Crippen molar-refractivity contribution in [2.45, 2.75) is 26.8 Å². The van der Waals surface area contributed by atoms with Crippen LogP contribution in [0.2, 0.25) is 0 Å². The minimum Gasteiger partial charge on any atom is -0.368 e. The molecular formula is C18H21N7O. The van der Waals surface area contributed by atoms with Crippen molar-refractivity contribution in [1.29, 1.82) is 0 Å². The van der Waals surface area contributed by atoms with Crippen molar-refractivity contribution in [3.8, 4) is 5.69 Å². The zero-order valence-corrected chi connectivity index (χ0v) is 14.8. The summed E-state index contributed by atoms with van der Waals surface area (Å²) in [5, 5.41) is 6.93. The Hall–Kier alpha value is -3.29. The van der Waals surface area contributed by atoms with Gasteiger partial charge in [0.2, 0.25) is 5.95 Å². The maximum Gasteiger partial charge on any atom is 0.270 e. The van der Waals surface area contributed by atoms with E-state index >= 15 is 0 Å². The average Bonchev–Trinajstić information content (AvgIpc) is 3.13. The third-order valence-corrected chi connectivity index (χ3v) is 3.72. The van der Waals surface area contributed by atoms with E-state index in [0.717, 1.165) is 23.4 Å². The molecule has 1 aromatic carbocycles. The zero-order valence-electron chi connectivity index (χ0n) is 14.8. The fraction of sp³-hybridized carbons (Fsp3) is 0.278. The van der Waals surface area contributed by atoms with Crippen LogP contribution in [0.5, 0.6) is 0 Å². The van der Waals surface area contributed by atoms with E-state index < -0.39 is 0 Å². The minimum atomic E-state index is -0.274. The van der Waals surface area contributed by atoms with E-state index in [2.05, 4.69) is 39.2 Å². The molecule has 0 bridgehead atoms. The van der Waals surface area contributed by atoms with Crippen molar-refractivity contribution in [2.24, 2.45) is 5.92 Å². The fourth-order valence-electron chi connectivity index (χ4n) is 2.54. The summed E-state index contributed by atoms with van der Waals surface area (Å²) in [7, 11) is 0. The van der Waals surface area contributed by atoms with Crippen LogP contribution in [0.1, 0.15) is 35.6 Å². The number of nitrogen functional groups attached to an aromatic ring is 1. The summed E-state index contributed by atoms with van der Waals surface area (Å²) in [5.74, 6) is 0.263. The normalized spacial score (nSPS) is 10.9. The zero-order chi connectivity index (χ0) is 18.5. The minimum absolute atomic E-state index is 0.116. The molecule has 3 aromatic rings. The predicted molar refractivity (Wildman–Crippen MR) is 97.5 cm³/mol. The number of amides is 1. The van der Waals surface area contributed by atoms with Crippen molar-refractivity contribution in [3.63, 3.8) is 0 Å². The molecule has 0 aliphatic heterocycles. The first-order valence-electron chi connectivity index (χ1n) is 8.37. The number of hydrogen-bond donors (Lipinski definition) is 2. The van der Waals surface area contributed by atoms with Gasteiger partial charge in [0.05, 0.1) is 5.69 Å². The number of hydrogen-bond acceptors (Lipinski definition) is 6. The fourth-order valence-corrected chi connectivity index (χ4v) is 2.54. The van der Waals surface area contributed by atoms with E-state index in [9.17, 15) is 4.79 Å². The van der Waals surface area contributed by atoms with Gasteiger partial charge in [-0.1, -0.05) is 26.0 Å². The highest BCUT2D eigenvalue weighted by Gasteiger charge is 2.11. The molecule has 26 heavy (non-hydrogen) atoms. The van der Waals surface area contributed by atoms with Crippen LogP contribution >= 0.6 is 0 Å². The highest BCUT2D eigenvalue weighted by Crippen LogP contribution is 2.10. The van der Waals surface area contributed by atoms with Crippen LogP contribution in [-0.2, 0) is 13.0 Å². The van der Waals surface area contributed by atoms with Crippen molar-refractivity contribution in [2.75, 3.05) is 5.73 Å². The van der Waals surface area contributed by atoms with E-state index in [1.807, 2.05) is 24.3 Å². The molecule has 0 fully saturated rings. The SMILES string of the molecule is CC(C)Cc1cc(C(=O)NCc2ccc(-n3cncn3)cc2)nc(N)n1. The lowest BCUT2D eigenvalue weighted by atomic mass is 10.1. The van der Waals surface area contributed by atoms with Gasteiger partial charge in [0.25, 0.3) is 5.91 Å². The number of anilines is 1. The van der Waals surface area contributed by atoms with Crippen molar-refractivity contribution >= 4 is 11.9 Å². The lowest BCUT2D eigenvalue weighted by Crippen LogP contribution is -2.24. The first kappa shape index (κ1) is 17.5. The number of nitrogens with zero attached hydrogens (tertiary/aromatic N) is 5. The predicted octanol–water partition coefficient (Wildman–Crippen LogP) is 1.77. The van der Waals surface area contributed by atoms with Gasteiger partial charge in [-0.15, -0.1) is 0 Å². The maximum absolute atomic E-state index is 12.4. The summed E-state index contributed by atoms with van der Waals surface area (Å²) in [4.78, 5) is 24.5. The van der Waals surface area contributed by atoms with Crippen molar-refractivity contribution < 1.29 is 4.79 Å². The number of nitrogens with two attached hydrogens (primary N) is 1. The van der Waals surface area contributed by atoms with Crippen LogP contribution < -0.4 is 11.1 Å². The van der Waals surface area contributed by atoms with Crippen LogP contribution in [-0.4, -0.2) is 30.6 Å². The van der Waals surface area contributed by atoms with Gasteiger partial charge in [-0.25, -0.2) is 19.6 Å². The highest BCUT2D eigenvalue weighted by atomic mass is 16.1. The van der Waals surface area contributed by atoms with E-state index in [1.165, 1.54) is 6.33 Å². The van der Waals surface area contributed by atoms with Gasteiger partial charge in [0.15, 0.2) is 0 Å². The first-order chi connectivity index (χ1) is 12.5. The summed E-state index contributed by atoms with van der Waals surface area (Å²) in [6.07, 6.45) is 3.86. The van der Waals surface area contributed by atoms with Crippen LogP contribution in [0.25, 0.3) is 5.69 Å². The molecule has 2 heterocycles. The number of benzene rings is 1. The second kappa shape index (κ2) is 7.73. The Balaban J connectivity index is 1.64. The molecule has 3 N–H and O–H groups in total. The van der Waals surface area contributed by atoms with Gasteiger partial charge in [0, 0.05) is 12.2 Å². The van der Waals surface area contributed by atoms with Gasteiger partial charge in [0.1, 0.15) is 18.3 Å². The Morgan fingerprint density at radius 1 is 1.23 bits per heavy atom. The van der Waals surface area contributed by atoms with Crippen molar-refractivity contribution in [1.82, 2.24) is 30.0 Å². The summed E-state index contributed by atoms with van der Waals surface area (Å²) >= 11 is 0. The lowest BCUT2D eigenvalue weighted by molar-refractivity contribution is 0.0945. The number of aromatic nitrogens is 5. The van der Waals surface area contributed by atoms with E-state index in [-0.39, 0.29) is 17.5 Å². The van der Waals surface area contributed by atoms with E-state index in [4.69, 9.17) is 5.73 Å². The molecule has 3 rings (SSSR count). The Morgan fingerprint density at radius 3 is 2.65 bits per heavy atom. The summed E-state index contributed by atoms with van der Waals surface area (Å²) in [6.45, 7) is 4.56. The monoisotopic (exact) mass is 351 g/mol. The van der Waals surface area contributed by atoms with E-state index in [1.54, 1.807) is 17.1 Å². The molecule has 134 valence electrons. The summed E-state index contributed by atoms with van der Waals surface area (Å²) in [5.41, 5.74) is 8.65. The van der Waals surface area contributed by atoms with Gasteiger partial charge in [-0.2, -0.15) is 5.10 Å². The Morgan fingerprint density at radius 2 is 2.00 bits per heavy atom. The van der Waals surface area contributed by atoms with E-state index in [0.29, 0.717) is 12.5 Å². The molecule has 0 aliphatic rings.